The third-order valence-corrected chi connectivity index (χ3v) is 4.69. The molecule has 0 amide bonds. The molecule has 5 heteroatoms. The number of rotatable bonds is 4. The second-order valence-electron chi connectivity index (χ2n) is 5.08. The molecule has 21 heavy (non-hydrogen) atoms. The van der Waals surface area contributed by atoms with E-state index in [4.69, 9.17) is 5.73 Å². The van der Waals surface area contributed by atoms with E-state index < -0.39 is 10.8 Å². The number of nitrogens with zero attached hydrogens (tertiary/aromatic N) is 1. The number of nitrogen functional groups attached to an aromatic ring is 1. The molecular weight excluding hydrogens is 282 g/mol. The Labute approximate surface area is 125 Å². The molecule has 0 bridgehead atoms. The van der Waals surface area contributed by atoms with Crippen molar-refractivity contribution in [3.05, 3.63) is 53.9 Å². The van der Waals surface area contributed by atoms with Crippen LogP contribution in [-0.4, -0.2) is 19.9 Å². The Kier molecular flexibility index (Phi) is 3.75. The van der Waals surface area contributed by atoms with Gasteiger partial charge in [0.05, 0.1) is 21.8 Å². The zero-order valence-corrected chi connectivity index (χ0v) is 12.6. The van der Waals surface area contributed by atoms with Crippen molar-refractivity contribution in [2.24, 2.45) is 0 Å². The van der Waals surface area contributed by atoms with Crippen LogP contribution in [0.3, 0.4) is 0 Å². The summed E-state index contributed by atoms with van der Waals surface area (Å²) in [5, 5.41) is 0. The highest BCUT2D eigenvalue weighted by Gasteiger charge is 2.08. The topological polar surface area (TPSA) is 71.8 Å². The molecule has 0 aliphatic heterocycles. The van der Waals surface area contributed by atoms with Crippen molar-refractivity contribution in [2.75, 3.05) is 11.5 Å². The summed E-state index contributed by atoms with van der Waals surface area (Å²) in [5.41, 5.74) is 9.40. The van der Waals surface area contributed by atoms with Gasteiger partial charge in [-0.3, -0.25) is 4.21 Å². The van der Waals surface area contributed by atoms with Crippen molar-refractivity contribution in [2.45, 2.75) is 18.2 Å². The summed E-state index contributed by atoms with van der Waals surface area (Å²) in [5.74, 6) is 1.40. The number of hydrogen-bond donors (Lipinski definition) is 2. The van der Waals surface area contributed by atoms with Gasteiger partial charge in [0.15, 0.2) is 0 Å². The maximum atomic E-state index is 12.3. The molecule has 1 heterocycles. The molecule has 2 aromatic carbocycles. The number of aromatic nitrogens is 2. The van der Waals surface area contributed by atoms with Gasteiger partial charge < -0.3 is 10.7 Å². The molecule has 1 aromatic heterocycles. The number of anilines is 1. The summed E-state index contributed by atoms with van der Waals surface area (Å²) >= 11 is 0. The van der Waals surface area contributed by atoms with Crippen LogP contribution >= 0.6 is 0 Å². The van der Waals surface area contributed by atoms with Crippen molar-refractivity contribution in [3.63, 3.8) is 0 Å². The van der Waals surface area contributed by atoms with E-state index in [1.54, 1.807) is 0 Å². The molecule has 0 saturated carbocycles. The van der Waals surface area contributed by atoms with Crippen molar-refractivity contribution < 1.29 is 4.21 Å². The van der Waals surface area contributed by atoms with Gasteiger partial charge in [0, 0.05) is 22.8 Å². The van der Waals surface area contributed by atoms with Gasteiger partial charge in [0.1, 0.15) is 5.82 Å². The van der Waals surface area contributed by atoms with Crippen LogP contribution in [0.2, 0.25) is 0 Å². The second kappa shape index (κ2) is 5.69. The van der Waals surface area contributed by atoms with E-state index in [0.29, 0.717) is 17.9 Å². The molecule has 108 valence electrons. The predicted molar refractivity (Wildman–Crippen MR) is 86.7 cm³/mol. The van der Waals surface area contributed by atoms with Crippen LogP contribution in [0.5, 0.6) is 0 Å². The molecule has 0 fully saturated rings. The first-order valence-electron chi connectivity index (χ1n) is 6.81. The molecule has 0 saturated heterocycles. The first kappa shape index (κ1) is 13.8. The number of fused-ring (bicyclic) bond motifs is 1. The zero-order chi connectivity index (χ0) is 14.8. The fraction of sp³-hybridized carbons (Fsp3) is 0.188. The van der Waals surface area contributed by atoms with E-state index in [1.165, 1.54) is 0 Å². The largest absolute Gasteiger partial charge is 0.399 e. The molecular formula is C16H17N3OS. The molecule has 4 nitrogen and oxygen atoms in total. The van der Waals surface area contributed by atoms with E-state index in [1.807, 2.05) is 49.4 Å². The Balaban J connectivity index is 1.72. The molecule has 3 N–H and O–H groups in total. The van der Waals surface area contributed by atoms with E-state index in [-0.39, 0.29) is 0 Å². The number of aromatic amines is 1. The molecule has 3 aromatic rings. The van der Waals surface area contributed by atoms with Crippen LogP contribution in [0.4, 0.5) is 5.69 Å². The fourth-order valence-electron chi connectivity index (χ4n) is 2.26. The number of nitrogens with two attached hydrogens (primary N) is 1. The fourth-order valence-corrected chi connectivity index (χ4v) is 3.42. The monoisotopic (exact) mass is 299 g/mol. The van der Waals surface area contributed by atoms with Gasteiger partial charge in [-0.15, -0.1) is 0 Å². The van der Waals surface area contributed by atoms with Crippen molar-refractivity contribution in [1.82, 2.24) is 9.97 Å². The highest BCUT2D eigenvalue weighted by Crippen LogP contribution is 2.16. The quantitative estimate of drug-likeness (QED) is 0.728. The van der Waals surface area contributed by atoms with Crippen molar-refractivity contribution in [1.29, 1.82) is 0 Å². The number of nitrogens with one attached hydrogen (secondary N) is 1. The molecule has 1 atom stereocenters. The lowest BCUT2D eigenvalue weighted by molar-refractivity contribution is 0.681. The predicted octanol–water partition coefficient (Wildman–Crippen LogP) is 2.80. The van der Waals surface area contributed by atoms with E-state index in [2.05, 4.69) is 9.97 Å². The van der Waals surface area contributed by atoms with E-state index in [9.17, 15) is 4.21 Å². The Morgan fingerprint density at radius 1 is 1.24 bits per heavy atom. The minimum absolute atomic E-state index is 0.554. The molecule has 0 radical (unpaired) electrons. The van der Waals surface area contributed by atoms with Gasteiger partial charge in [0.2, 0.25) is 0 Å². The van der Waals surface area contributed by atoms with Crippen molar-refractivity contribution in [3.8, 4) is 0 Å². The Morgan fingerprint density at radius 2 is 2.10 bits per heavy atom. The lowest BCUT2D eigenvalue weighted by Crippen LogP contribution is -2.03. The van der Waals surface area contributed by atoms with Crippen LogP contribution in [-0.2, 0) is 17.2 Å². The average Bonchev–Trinajstić information content (AvgIpc) is 2.86. The van der Waals surface area contributed by atoms with Gasteiger partial charge in [-0.1, -0.05) is 12.1 Å². The highest BCUT2D eigenvalue weighted by atomic mass is 32.2. The number of H-pyrrole nitrogens is 1. The summed E-state index contributed by atoms with van der Waals surface area (Å²) in [6.07, 6.45) is 0.648. The first-order valence-corrected chi connectivity index (χ1v) is 8.13. The minimum Gasteiger partial charge on any atom is -0.399 e. The summed E-state index contributed by atoms with van der Waals surface area (Å²) in [4.78, 5) is 8.59. The van der Waals surface area contributed by atoms with E-state index in [0.717, 1.165) is 27.3 Å². The maximum absolute atomic E-state index is 12.3. The van der Waals surface area contributed by atoms with Gasteiger partial charge in [-0.2, -0.15) is 0 Å². The number of aryl methyl sites for hydroxylation is 2. The number of hydrogen-bond acceptors (Lipinski definition) is 3. The number of imidazole rings is 1. The lowest BCUT2D eigenvalue weighted by atomic mass is 10.2. The van der Waals surface area contributed by atoms with Crippen LogP contribution < -0.4 is 5.73 Å². The molecule has 3 rings (SSSR count). The third kappa shape index (κ3) is 3.13. The maximum Gasteiger partial charge on any atom is 0.108 e. The van der Waals surface area contributed by atoms with E-state index >= 15 is 0 Å². The van der Waals surface area contributed by atoms with Crippen LogP contribution in [0, 0.1) is 6.92 Å². The number of benzene rings is 2. The SMILES string of the molecule is Cc1cccc(S(=O)CCc2nc3ccc(N)cc3[nH]2)c1. The smallest absolute Gasteiger partial charge is 0.108 e. The van der Waals surface area contributed by atoms with Gasteiger partial charge >= 0.3 is 0 Å². The summed E-state index contributed by atoms with van der Waals surface area (Å²) < 4.78 is 12.3. The van der Waals surface area contributed by atoms with Gasteiger partial charge in [-0.05, 0) is 42.8 Å². The Bertz CT molecular complexity index is 810. The average molecular weight is 299 g/mol. The highest BCUT2D eigenvalue weighted by molar-refractivity contribution is 7.85. The summed E-state index contributed by atoms with van der Waals surface area (Å²) in [7, 11) is -1.00. The normalized spacial score (nSPS) is 12.6. The molecule has 1 unspecified atom stereocenters. The third-order valence-electron chi connectivity index (χ3n) is 3.33. The van der Waals surface area contributed by atoms with Gasteiger partial charge in [-0.25, -0.2) is 4.98 Å². The Morgan fingerprint density at radius 3 is 2.90 bits per heavy atom. The first-order chi connectivity index (χ1) is 10.1. The van der Waals surface area contributed by atoms with Crippen LogP contribution in [0.1, 0.15) is 11.4 Å². The zero-order valence-electron chi connectivity index (χ0n) is 11.8. The summed E-state index contributed by atoms with van der Waals surface area (Å²) in [6.45, 7) is 2.00. The van der Waals surface area contributed by atoms with Gasteiger partial charge in [0.25, 0.3) is 0 Å². The minimum atomic E-state index is -1.00. The summed E-state index contributed by atoms with van der Waals surface area (Å²) in [6, 6.07) is 13.4. The van der Waals surface area contributed by atoms with Crippen molar-refractivity contribution >= 4 is 27.5 Å². The standard InChI is InChI=1S/C16H17N3OS/c1-11-3-2-4-13(9-11)21(20)8-7-16-18-14-6-5-12(17)10-15(14)19-16/h2-6,9-10H,7-8,17H2,1H3,(H,18,19). The molecule has 0 aliphatic carbocycles. The molecule has 0 spiro atoms. The van der Waals surface area contributed by atoms with Crippen LogP contribution in [0.15, 0.2) is 47.4 Å². The Hall–Kier alpha value is -2.14. The molecule has 0 aliphatic rings. The second-order valence-corrected chi connectivity index (χ2v) is 6.65. The van der Waals surface area contributed by atoms with Crippen LogP contribution in [0.25, 0.3) is 11.0 Å². The lowest BCUT2D eigenvalue weighted by Gasteiger charge is -2.02.